The highest BCUT2D eigenvalue weighted by atomic mass is 32.2. The molecular weight excluding hydrogens is 222 g/mol. The van der Waals surface area contributed by atoms with E-state index in [0.29, 0.717) is 0 Å². The molecule has 4 heteroatoms. The molecule has 0 aliphatic carbocycles. The minimum Gasteiger partial charge on any atom is -0.497 e. The number of ether oxygens (including phenoxy) is 1. The molecule has 0 aliphatic heterocycles. The van der Waals surface area contributed by atoms with Crippen LogP contribution in [0.1, 0.15) is 5.56 Å². The Hall–Kier alpha value is -1.55. The molecule has 84 valence electrons. The third kappa shape index (κ3) is 2.52. The molecule has 0 radical (unpaired) electrons. The number of hydrogen-bond donors (Lipinski definition) is 1. The maximum atomic E-state index is 5.88. The Morgan fingerprint density at radius 1 is 1.38 bits per heavy atom. The fourth-order valence-electron chi connectivity index (χ4n) is 1.30. The molecule has 0 fully saturated rings. The maximum Gasteiger partial charge on any atom is 0.120 e. The lowest BCUT2D eigenvalue weighted by molar-refractivity contribution is 0.414. The first-order valence-electron chi connectivity index (χ1n) is 4.87. The molecule has 2 aromatic rings. The minimum absolute atomic E-state index is 0.772. The number of nitrogens with two attached hydrogens (primary N) is 1. The largest absolute Gasteiger partial charge is 0.497 e. The van der Waals surface area contributed by atoms with Crippen molar-refractivity contribution in [2.24, 2.45) is 0 Å². The summed E-state index contributed by atoms with van der Waals surface area (Å²) in [6.07, 6.45) is 3.41. The van der Waals surface area contributed by atoms with Crippen molar-refractivity contribution in [2.75, 3.05) is 12.8 Å². The number of methoxy groups -OCH3 is 1. The van der Waals surface area contributed by atoms with Gasteiger partial charge in [-0.25, -0.2) is 0 Å². The molecule has 0 unspecified atom stereocenters. The summed E-state index contributed by atoms with van der Waals surface area (Å²) >= 11 is 1.67. The lowest BCUT2D eigenvalue weighted by atomic mass is 10.3. The third-order valence-corrected chi connectivity index (χ3v) is 3.34. The Morgan fingerprint density at radius 3 is 2.94 bits per heavy atom. The summed E-state index contributed by atoms with van der Waals surface area (Å²) in [6, 6.07) is 7.61. The van der Waals surface area contributed by atoms with E-state index in [2.05, 4.69) is 0 Å². The van der Waals surface area contributed by atoms with Gasteiger partial charge in [0, 0.05) is 21.9 Å². The molecule has 1 aromatic carbocycles. The van der Waals surface area contributed by atoms with Gasteiger partial charge in [-0.15, -0.1) is 11.8 Å². The van der Waals surface area contributed by atoms with Crippen LogP contribution in [0.4, 0.5) is 5.69 Å². The fourth-order valence-corrected chi connectivity index (χ4v) is 2.22. The van der Waals surface area contributed by atoms with Crippen LogP contribution < -0.4 is 10.5 Å². The number of rotatable bonds is 4. The van der Waals surface area contributed by atoms with Crippen LogP contribution in [0.15, 0.2) is 46.1 Å². The van der Waals surface area contributed by atoms with Crippen molar-refractivity contribution in [3.8, 4) is 5.75 Å². The zero-order valence-electron chi connectivity index (χ0n) is 8.97. The van der Waals surface area contributed by atoms with E-state index in [0.717, 1.165) is 27.6 Å². The normalized spacial score (nSPS) is 10.3. The van der Waals surface area contributed by atoms with Gasteiger partial charge >= 0.3 is 0 Å². The first-order valence-corrected chi connectivity index (χ1v) is 5.85. The van der Waals surface area contributed by atoms with E-state index in [-0.39, 0.29) is 0 Å². The average Bonchev–Trinajstić information content (AvgIpc) is 2.81. The van der Waals surface area contributed by atoms with Gasteiger partial charge in [-0.1, -0.05) is 0 Å². The van der Waals surface area contributed by atoms with E-state index >= 15 is 0 Å². The van der Waals surface area contributed by atoms with Crippen molar-refractivity contribution in [3.05, 3.63) is 42.4 Å². The van der Waals surface area contributed by atoms with Gasteiger partial charge in [-0.3, -0.25) is 0 Å². The predicted molar refractivity (Wildman–Crippen MR) is 65.7 cm³/mol. The van der Waals surface area contributed by atoms with Gasteiger partial charge in [0.2, 0.25) is 0 Å². The molecule has 2 rings (SSSR count). The van der Waals surface area contributed by atoms with E-state index in [1.807, 2.05) is 24.3 Å². The lowest BCUT2D eigenvalue weighted by Crippen LogP contribution is -1.90. The predicted octanol–water partition coefficient (Wildman–Crippen LogP) is 3.16. The molecule has 0 saturated carbocycles. The second kappa shape index (κ2) is 4.99. The van der Waals surface area contributed by atoms with Crippen LogP contribution in [0.5, 0.6) is 5.75 Å². The van der Waals surface area contributed by atoms with Gasteiger partial charge in [0.1, 0.15) is 5.75 Å². The van der Waals surface area contributed by atoms with Crippen molar-refractivity contribution < 1.29 is 9.15 Å². The Balaban J connectivity index is 2.08. The van der Waals surface area contributed by atoms with Crippen LogP contribution in [0.3, 0.4) is 0 Å². The second-order valence-corrected chi connectivity index (χ2v) is 4.34. The fraction of sp³-hybridized carbons (Fsp3) is 0.167. The van der Waals surface area contributed by atoms with Crippen LogP contribution >= 0.6 is 11.8 Å². The highest BCUT2D eigenvalue weighted by molar-refractivity contribution is 7.98. The molecule has 0 bridgehead atoms. The Labute approximate surface area is 98.6 Å². The smallest absolute Gasteiger partial charge is 0.120 e. The zero-order valence-corrected chi connectivity index (χ0v) is 9.79. The molecule has 0 aliphatic rings. The number of anilines is 1. The van der Waals surface area contributed by atoms with Gasteiger partial charge in [0.25, 0.3) is 0 Å². The molecular formula is C12H13NO2S. The van der Waals surface area contributed by atoms with Gasteiger partial charge in [-0.2, -0.15) is 0 Å². The van der Waals surface area contributed by atoms with E-state index in [1.54, 1.807) is 31.4 Å². The first kappa shape index (κ1) is 11.0. The van der Waals surface area contributed by atoms with E-state index in [4.69, 9.17) is 14.9 Å². The van der Waals surface area contributed by atoms with Crippen molar-refractivity contribution in [1.82, 2.24) is 0 Å². The highest BCUT2D eigenvalue weighted by Crippen LogP contribution is 2.31. The van der Waals surface area contributed by atoms with Crippen molar-refractivity contribution in [1.29, 1.82) is 0 Å². The summed E-state index contributed by atoms with van der Waals surface area (Å²) in [6.45, 7) is 0. The Bertz CT molecular complexity index is 454. The zero-order chi connectivity index (χ0) is 11.4. The summed E-state index contributed by atoms with van der Waals surface area (Å²) in [7, 11) is 1.65. The quantitative estimate of drug-likeness (QED) is 0.653. The number of nitrogen functional groups attached to an aromatic ring is 1. The van der Waals surface area contributed by atoms with Crippen molar-refractivity contribution in [2.45, 2.75) is 10.6 Å². The monoisotopic (exact) mass is 235 g/mol. The van der Waals surface area contributed by atoms with Crippen LogP contribution in [0.25, 0.3) is 0 Å². The van der Waals surface area contributed by atoms with E-state index in [9.17, 15) is 0 Å². The molecule has 1 aromatic heterocycles. The molecule has 0 spiro atoms. The van der Waals surface area contributed by atoms with Crippen LogP contribution in [0.2, 0.25) is 0 Å². The number of thioether (sulfide) groups is 1. The second-order valence-electron chi connectivity index (χ2n) is 3.32. The van der Waals surface area contributed by atoms with Crippen LogP contribution in [-0.2, 0) is 5.75 Å². The summed E-state index contributed by atoms with van der Waals surface area (Å²) < 4.78 is 10.2. The minimum atomic E-state index is 0.772. The lowest BCUT2D eigenvalue weighted by Gasteiger charge is -2.06. The molecule has 1 heterocycles. The Kier molecular flexibility index (Phi) is 3.41. The van der Waals surface area contributed by atoms with Gasteiger partial charge in [0.05, 0.1) is 19.6 Å². The standard InChI is InChI=1S/C12H13NO2S/c1-14-10-2-3-11(13)12(6-10)16-8-9-4-5-15-7-9/h2-7H,8,13H2,1H3. The molecule has 2 N–H and O–H groups in total. The van der Waals surface area contributed by atoms with E-state index in [1.165, 1.54) is 0 Å². The summed E-state index contributed by atoms with van der Waals surface area (Å²) in [4.78, 5) is 1.03. The van der Waals surface area contributed by atoms with Crippen LogP contribution in [-0.4, -0.2) is 7.11 Å². The van der Waals surface area contributed by atoms with Crippen molar-refractivity contribution >= 4 is 17.4 Å². The van der Waals surface area contributed by atoms with Gasteiger partial charge in [0.15, 0.2) is 0 Å². The SMILES string of the molecule is COc1ccc(N)c(SCc2ccoc2)c1. The summed E-state index contributed by atoms with van der Waals surface area (Å²) in [5.41, 5.74) is 7.80. The topological polar surface area (TPSA) is 48.4 Å². The van der Waals surface area contributed by atoms with Gasteiger partial charge < -0.3 is 14.9 Å². The summed E-state index contributed by atoms with van der Waals surface area (Å²) in [5.74, 6) is 1.66. The summed E-state index contributed by atoms with van der Waals surface area (Å²) in [5, 5.41) is 0. The molecule has 3 nitrogen and oxygen atoms in total. The highest BCUT2D eigenvalue weighted by Gasteiger charge is 2.03. The van der Waals surface area contributed by atoms with Crippen LogP contribution in [0, 0.1) is 0 Å². The van der Waals surface area contributed by atoms with E-state index < -0.39 is 0 Å². The number of benzene rings is 1. The maximum absolute atomic E-state index is 5.88. The first-order chi connectivity index (χ1) is 7.79. The molecule has 16 heavy (non-hydrogen) atoms. The Morgan fingerprint density at radius 2 is 2.25 bits per heavy atom. The van der Waals surface area contributed by atoms with Crippen molar-refractivity contribution in [3.63, 3.8) is 0 Å². The third-order valence-electron chi connectivity index (χ3n) is 2.20. The molecule has 0 atom stereocenters. The molecule has 0 amide bonds. The number of hydrogen-bond acceptors (Lipinski definition) is 4. The average molecular weight is 235 g/mol. The molecule has 0 saturated heterocycles. The number of furan rings is 1. The van der Waals surface area contributed by atoms with Gasteiger partial charge in [-0.05, 0) is 24.3 Å².